The molecule has 1 amide bonds. The van der Waals surface area contributed by atoms with Gasteiger partial charge in [0.05, 0.1) is 6.54 Å². The van der Waals surface area contributed by atoms with Crippen LogP contribution in [-0.4, -0.2) is 65.4 Å². The van der Waals surface area contributed by atoms with Gasteiger partial charge in [-0.25, -0.2) is 9.97 Å². The van der Waals surface area contributed by atoms with Gasteiger partial charge in [-0.15, -0.1) is 0 Å². The van der Waals surface area contributed by atoms with Crippen molar-refractivity contribution >= 4 is 22.6 Å². The minimum Gasteiger partial charge on any atom is -0.338 e. The number of benzene rings is 2. The van der Waals surface area contributed by atoms with E-state index in [0.29, 0.717) is 19.6 Å². The van der Waals surface area contributed by atoms with Crippen molar-refractivity contribution in [2.75, 3.05) is 44.7 Å². The van der Waals surface area contributed by atoms with Gasteiger partial charge in [0, 0.05) is 45.1 Å². The Morgan fingerprint density at radius 1 is 0.964 bits per heavy atom. The highest BCUT2D eigenvalue weighted by Crippen LogP contribution is 2.17. The normalized spacial score (nSPS) is 14.6. The highest BCUT2D eigenvalue weighted by Gasteiger charge is 2.23. The van der Waals surface area contributed by atoms with Gasteiger partial charge in [-0.3, -0.25) is 9.69 Å². The van der Waals surface area contributed by atoms with Crippen LogP contribution >= 0.6 is 0 Å². The van der Waals surface area contributed by atoms with Crippen molar-refractivity contribution in [1.29, 1.82) is 0 Å². The molecule has 1 aliphatic heterocycles. The average Bonchev–Trinajstić information content (AvgIpc) is 2.74. The smallest absolute Gasteiger partial charge is 0.236 e. The molecule has 0 atom stereocenters. The number of carbonyl (C=O) groups excluding carboxylic acids is 1. The number of aromatic nitrogens is 2. The van der Waals surface area contributed by atoms with E-state index in [0.717, 1.165) is 25.6 Å². The predicted octanol–water partition coefficient (Wildman–Crippen LogP) is 2.41. The molecular weight excluding hydrogens is 350 g/mol. The van der Waals surface area contributed by atoms with Gasteiger partial charge in [0.15, 0.2) is 0 Å². The quantitative estimate of drug-likeness (QED) is 0.686. The Labute approximate surface area is 165 Å². The van der Waals surface area contributed by atoms with E-state index in [4.69, 9.17) is 0 Å². The Morgan fingerprint density at radius 3 is 2.43 bits per heavy atom. The van der Waals surface area contributed by atoms with Crippen LogP contribution in [0.25, 0.3) is 10.8 Å². The van der Waals surface area contributed by atoms with Crippen molar-refractivity contribution < 1.29 is 4.79 Å². The van der Waals surface area contributed by atoms with Crippen LogP contribution in [0.2, 0.25) is 0 Å². The third-order valence-corrected chi connectivity index (χ3v) is 5.14. The molecule has 0 unspecified atom stereocenters. The summed E-state index contributed by atoms with van der Waals surface area (Å²) >= 11 is 0. The van der Waals surface area contributed by atoms with E-state index in [-0.39, 0.29) is 5.91 Å². The third kappa shape index (κ3) is 4.28. The first kappa shape index (κ1) is 18.4. The first-order valence-electron chi connectivity index (χ1n) is 9.65. The van der Waals surface area contributed by atoms with Crippen molar-refractivity contribution in [2.45, 2.75) is 6.54 Å². The lowest BCUT2D eigenvalue weighted by atomic mass is 10.1. The molecule has 0 bridgehead atoms. The molecule has 6 heteroatoms. The van der Waals surface area contributed by atoms with Crippen LogP contribution in [0.1, 0.15) is 5.56 Å². The minimum absolute atomic E-state index is 0.178. The van der Waals surface area contributed by atoms with Gasteiger partial charge in [-0.05, 0) is 35.5 Å². The summed E-state index contributed by atoms with van der Waals surface area (Å²) in [7, 11) is 2.00. The first-order valence-corrected chi connectivity index (χ1v) is 9.65. The molecule has 0 aliphatic carbocycles. The Kier molecular flexibility index (Phi) is 5.48. The van der Waals surface area contributed by atoms with Gasteiger partial charge in [-0.1, -0.05) is 36.4 Å². The number of anilines is 1. The van der Waals surface area contributed by atoms with Crippen LogP contribution in [0.4, 0.5) is 5.95 Å². The van der Waals surface area contributed by atoms with Crippen molar-refractivity contribution in [3.8, 4) is 0 Å². The molecule has 0 saturated carbocycles. The van der Waals surface area contributed by atoms with Crippen LogP contribution in [0, 0.1) is 0 Å². The minimum atomic E-state index is 0.178. The summed E-state index contributed by atoms with van der Waals surface area (Å²) in [6.07, 6.45) is 3.50. The number of fused-ring (bicyclic) bond motifs is 1. The van der Waals surface area contributed by atoms with E-state index >= 15 is 0 Å². The molecule has 0 spiro atoms. The number of rotatable bonds is 5. The molecule has 1 aliphatic rings. The third-order valence-electron chi connectivity index (χ3n) is 5.14. The fraction of sp³-hybridized carbons (Fsp3) is 0.318. The number of hydrogen-bond donors (Lipinski definition) is 0. The lowest BCUT2D eigenvalue weighted by Crippen LogP contribution is -2.51. The van der Waals surface area contributed by atoms with E-state index < -0.39 is 0 Å². The second kappa shape index (κ2) is 8.35. The summed E-state index contributed by atoms with van der Waals surface area (Å²) in [5.74, 6) is 0.917. The fourth-order valence-corrected chi connectivity index (χ4v) is 3.65. The van der Waals surface area contributed by atoms with Crippen LogP contribution in [-0.2, 0) is 11.3 Å². The maximum Gasteiger partial charge on any atom is 0.236 e. The molecule has 3 aromatic rings. The molecule has 144 valence electrons. The van der Waals surface area contributed by atoms with Crippen molar-refractivity contribution in [3.63, 3.8) is 0 Å². The van der Waals surface area contributed by atoms with Crippen molar-refractivity contribution in [2.24, 2.45) is 0 Å². The summed E-state index contributed by atoms with van der Waals surface area (Å²) in [6, 6.07) is 16.7. The van der Waals surface area contributed by atoms with Crippen LogP contribution in [0.15, 0.2) is 60.9 Å². The largest absolute Gasteiger partial charge is 0.338 e. The second-order valence-corrected chi connectivity index (χ2v) is 7.27. The lowest BCUT2D eigenvalue weighted by molar-refractivity contribution is -0.132. The molecule has 1 saturated heterocycles. The Hall–Kier alpha value is -2.99. The molecule has 28 heavy (non-hydrogen) atoms. The summed E-state index contributed by atoms with van der Waals surface area (Å²) in [4.78, 5) is 27.4. The van der Waals surface area contributed by atoms with E-state index in [9.17, 15) is 4.79 Å². The number of likely N-dealkylation sites (N-methyl/N-ethyl adjacent to an activating group) is 1. The monoisotopic (exact) mass is 375 g/mol. The lowest BCUT2D eigenvalue weighted by Gasteiger charge is -2.35. The summed E-state index contributed by atoms with van der Waals surface area (Å²) in [6.45, 7) is 4.14. The van der Waals surface area contributed by atoms with E-state index in [1.165, 1.54) is 16.3 Å². The van der Waals surface area contributed by atoms with Crippen LogP contribution in [0.5, 0.6) is 0 Å². The number of nitrogens with zero attached hydrogens (tertiary/aromatic N) is 5. The topological polar surface area (TPSA) is 52.6 Å². The second-order valence-electron chi connectivity index (χ2n) is 7.27. The molecule has 6 nitrogen and oxygen atoms in total. The fourth-order valence-electron chi connectivity index (χ4n) is 3.65. The molecule has 2 aromatic carbocycles. The molecule has 1 fully saturated rings. The number of amides is 1. The van der Waals surface area contributed by atoms with Gasteiger partial charge in [0.25, 0.3) is 0 Å². The maximum atomic E-state index is 12.7. The Bertz CT molecular complexity index is 938. The number of piperazine rings is 1. The first-order chi connectivity index (χ1) is 13.7. The van der Waals surface area contributed by atoms with Crippen LogP contribution in [0.3, 0.4) is 0 Å². The van der Waals surface area contributed by atoms with E-state index in [2.05, 4.69) is 62.2 Å². The molecular formula is C22H25N5O. The highest BCUT2D eigenvalue weighted by atomic mass is 16.2. The highest BCUT2D eigenvalue weighted by molar-refractivity contribution is 5.83. The van der Waals surface area contributed by atoms with Crippen molar-refractivity contribution in [1.82, 2.24) is 19.8 Å². The predicted molar refractivity (Wildman–Crippen MR) is 111 cm³/mol. The molecule has 0 radical (unpaired) electrons. The molecule has 4 rings (SSSR count). The van der Waals surface area contributed by atoms with Crippen molar-refractivity contribution in [3.05, 3.63) is 66.5 Å². The zero-order valence-electron chi connectivity index (χ0n) is 16.2. The number of carbonyl (C=O) groups is 1. The van der Waals surface area contributed by atoms with Gasteiger partial charge < -0.3 is 9.80 Å². The van der Waals surface area contributed by atoms with Gasteiger partial charge in [0.2, 0.25) is 11.9 Å². The van der Waals surface area contributed by atoms with E-state index in [1.54, 1.807) is 12.4 Å². The summed E-state index contributed by atoms with van der Waals surface area (Å²) in [5, 5.41) is 2.48. The zero-order valence-corrected chi connectivity index (χ0v) is 16.2. The van der Waals surface area contributed by atoms with E-state index in [1.807, 2.05) is 18.0 Å². The van der Waals surface area contributed by atoms with Gasteiger partial charge >= 0.3 is 0 Å². The van der Waals surface area contributed by atoms with Gasteiger partial charge in [-0.2, -0.15) is 0 Å². The van der Waals surface area contributed by atoms with Gasteiger partial charge in [0.1, 0.15) is 0 Å². The zero-order chi connectivity index (χ0) is 19.3. The summed E-state index contributed by atoms with van der Waals surface area (Å²) in [5.41, 5.74) is 1.22. The maximum absolute atomic E-state index is 12.7. The molecule has 0 N–H and O–H groups in total. The number of hydrogen-bond acceptors (Lipinski definition) is 5. The summed E-state index contributed by atoms with van der Waals surface area (Å²) < 4.78 is 0. The Morgan fingerprint density at radius 2 is 1.68 bits per heavy atom. The average molecular weight is 375 g/mol. The SMILES string of the molecule is CN(CC(=O)N1CCN(c2ncccn2)CC1)Cc1ccc2ccccc2c1. The molecule has 1 aromatic heterocycles. The van der Waals surface area contributed by atoms with Crippen LogP contribution < -0.4 is 4.90 Å². The molecule has 2 heterocycles. The Balaban J connectivity index is 1.29. The standard InChI is InChI=1S/C22H25N5O/c1-25(16-18-7-8-19-5-2-3-6-20(19)15-18)17-21(28)26-11-13-27(14-12-26)22-23-9-4-10-24-22/h2-10,15H,11-14,16-17H2,1H3.